The van der Waals surface area contributed by atoms with E-state index in [-0.39, 0.29) is 0 Å². The van der Waals surface area contributed by atoms with E-state index in [1.807, 2.05) is 6.92 Å². The number of anilines is 1. The van der Waals surface area contributed by atoms with Crippen molar-refractivity contribution in [3.8, 4) is 0 Å². The first kappa shape index (κ1) is 10.3. The van der Waals surface area contributed by atoms with Gasteiger partial charge in [-0.05, 0) is 6.42 Å². The molecule has 1 rings (SSSR count). The lowest BCUT2D eigenvalue weighted by Crippen LogP contribution is -2.14. The van der Waals surface area contributed by atoms with Gasteiger partial charge in [-0.1, -0.05) is 30.0 Å². The molecule has 1 unspecified atom stereocenters. The maximum Gasteiger partial charge on any atom is 0.317 e. The zero-order valence-electron chi connectivity index (χ0n) is 6.93. The molecular weight excluding hydrogens is 210 g/mol. The molecule has 0 fully saturated rings. The molecule has 7 heteroatoms. The smallest absolute Gasteiger partial charge is 0.317 e. The first-order chi connectivity index (χ1) is 6.13. The molecule has 0 spiro atoms. The summed E-state index contributed by atoms with van der Waals surface area (Å²) in [5.74, 6) is -0.832. The molecule has 3 N–H and O–H groups in total. The number of aromatic nitrogens is 2. The molecule has 0 aliphatic rings. The average Bonchev–Trinajstić information content (AvgIpc) is 2.46. The van der Waals surface area contributed by atoms with Gasteiger partial charge in [0.15, 0.2) is 4.34 Å². The Kier molecular flexibility index (Phi) is 3.49. The van der Waals surface area contributed by atoms with E-state index in [2.05, 4.69) is 10.2 Å². The first-order valence-electron chi connectivity index (χ1n) is 3.62. The number of thioether (sulfide) groups is 1. The summed E-state index contributed by atoms with van der Waals surface area (Å²) in [6, 6.07) is 0. The van der Waals surface area contributed by atoms with Gasteiger partial charge < -0.3 is 10.8 Å². The van der Waals surface area contributed by atoms with Gasteiger partial charge in [0.05, 0.1) is 0 Å². The van der Waals surface area contributed by atoms with Gasteiger partial charge in [-0.3, -0.25) is 4.79 Å². The van der Waals surface area contributed by atoms with Crippen LogP contribution >= 0.6 is 23.1 Å². The highest BCUT2D eigenvalue weighted by Gasteiger charge is 2.18. The number of carboxylic acids is 1. The van der Waals surface area contributed by atoms with Gasteiger partial charge in [0, 0.05) is 0 Å². The second-order valence-electron chi connectivity index (χ2n) is 2.26. The zero-order valence-corrected chi connectivity index (χ0v) is 8.56. The summed E-state index contributed by atoms with van der Waals surface area (Å²) in [5, 5.41) is 16.0. The second-order valence-corrected chi connectivity index (χ2v) is 4.72. The van der Waals surface area contributed by atoms with E-state index in [9.17, 15) is 4.79 Å². The topological polar surface area (TPSA) is 89.1 Å². The molecule has 72 valence electrons. The number of carbonyl (C=O) groups is 1. The molecule has 1 aromatic heterocycles. The normalized spacial score (nSPS) is 12.7. The van der Waals surface area contributed by atoms with Crippen molar-refractivity contribution < 1.29 is 9.90 Å². The van der Waals surface area contributed by atoms with Crippen LogP contribution in [0, 0.1) is 0 Å². The minimum atomic E-state index is -0.832. The van der Waals surface area contributed by atoms with Gasteiger partial charge in [-0.2, -0.15) is 0 Å². The number of rotatable bonds is 4. The molecule has 13 heavy (non-hydrogen) atoms. The third kappa shape index (κ3) is 2.85. The van der Waals surface area contributed by atoms with Gasteiger partial charge >= 0.3 is 5.97 Å². The Morgan fingerprint density at radius 1 is 1.77 bits per heavy atom. The van der Waals surface area contributed by atoms with Crippen LogP contribution in [-0.4, -0.2) is 26.5 Å². The molecular formula is C6H9N3O2S2. The summed E-state index contributed by atoms with van der Waals surface area (Å²) in [4.78, 5) is 10.6. The first-order valence-corrected chi connectivity index (χ1v) is 5.31. The van der Waals surface area contributed by atoms with Crippen molar-refractivity contribution in [1.29, 1.82) is 0 Å². The molecule has 0 amide bonds. The van der Waals surface area contributed by atoms with E-state index < -0.39 is 11.2 Å². The van der Waals surface area contributed by atoms with E-state index in [1.54, 1.807) is 0 Å². The van der Waals surface area contributed by atoms with E-state index in [1.165, 1.54) is 23.1 Å². The number of carboxylic acid groups (broad SMARTS) is 1. The van der Waals surface area contributed by atoms with Crippen molar-refractivity contribution in [1.82, 2.24) is 10.2 Å². The Balaban J connectivity index is 2.61. The predicted molar refractivity (Wildman–Crippen MR) is 51.9 cm³/mol. The molecule has 1 aromatic rings. The molecule has 0 aromatic carbocycles. The van der Waals surface area contributed by atoms with E-state index >= 15 is 0 Å². The van der Waals surface area contributed by atoms with Crippen LogP contribution in [0.2, 0.25) is 0 Å². The van der Waals surface area contributed by atoms with Crippen molar-refractivity contribution >= 4 is 34.2 Å². The van der Waals surface area contributed by atoms with Crippen LogP contribution in [0.1, 0.15) is 13.3 Å². The van der Waals surface area contributed by atoms with Gasteiger partial charge in [0.1, 0.15) is 5.25 Å². The van der Waals surface area contributed by atoms with Crippen molar-refractivity contribution in [2.75, 3.05) is 5.73 Å². The molecule has 0 saturated heterocycles. The van der Waals surface area contributed by atoms with Gasteiger partial charge in [-0.15, -0.1) is 10.2 Å². The SMILES string of the molecule is CCC(Sc1nnc(N)s1)C(=O)O. The summed E-state index contributed by atoms with van der Waals surface area (Å²) in [6.07, 6.45) is 0.555. The lowest BCUT2D eigenvalue weighted by molar-refractivity contribution is -0.136. The minimum absolute atomic E-state index is 0.364. The average molecular weight is 219 g/mol. The Bertz CT molecular complexity index is 302. The van der Waals surface area contributed by atoms with Gasteiger partial charge in [0.2, 0.25) is 5.13 Å². The van der Waals surface area contributed by atoms with Crippen LogP contribution < -0.4 is 5.73 Å². The molecule has 0 radical (unpaired) electrons. The lowest BCUT2D eigenvalue weighted by Gasteiger charge is -2.04. The summed E-state index contributed by atoms with van der Waals surface area (Å²) >= 11 is 2.39. The second kappa shape index (κ2) is 4.43. The number of nitrogens with two attached hydrogens (primary N) is 1. The maximum absolute atomic E-state index is 10.6. The number of nitrogens with zero attached hydrogens (tertiary/aromatic N) is 2. The Hall–Kier alpha value is -0.820. The lowest BCUT2D eigenvalue weighted by atomic mass is 10.3. The van der Waals surface area contributed by atoms with Crippen LogP contribution in [0.5, 0.6) is 0 Å². The third-order valence-corrected chi connectivity index (χ3v) is 3.50. The quantitative estimate of drug-likeness (QED) is 0.736. The standard InChI is InChI=1S/C6H9N3O2S2/c1-2-3(4(10)11)12-6-9-8-5(7)13-6/h3H,2H2,1H3,(H2,7,8)(H,10,11). The zero-order chi connectivity index (χ0) is 9.84. The largest absolute Gasteiger partial charge is 0.480 e. The fraction of sp³-hybridized carbons (Fsp3) is 0.500. The third-order valence-electron chi connectivity index (χ3n) is 1.31. The predicted octanol–water partition coefficient (Wildman–Crippen LogP) is 1.08. The molecule has 0 aliphatic heterocycles. The van der Waals surface area contributed by atoms with Crippen molar-refractivity contribution in [2.24, 2.45) is 0 Å². The van der Waals surface area contributed by atoms with Crippen LogP contribution in [0.25, 0.3) is 0 Å². The molecule has 5 nitrogen and oxygen atoms in total. The number of hydrogen-bond acceptors (Lipinski definition) is 6. The number of nitrogen functional groups attached to an aromatic ring is 1. The Labute approximate surface area is 83.4 Å². The maximum atomic E-state index is 10.6. The van der Waals surface area contributed by atoms with E-state index in [0.717, 1.165) is 0 Å². The van der Waals surface area contributed by atoms with Gasteiger partial charge in [-0.25, -0.2) is 0 Å². The molecule has 1 atom stereocenters. The summed E-state index contributed by atoms with van der Waals surface area (Å²) in [7, 11) is 0. The molecule has 0 aliphatic carbocycles. The number of aliphatic carboxylic acids is 1. The molecule has 1 heterocycles. The Morgan fingerprint density at radius 3 is 2.85 bits per heavy atom. The fourth-order valence-electron chi connectivity index (χ4n) is 0.698. The van der Waals surface area contributed by atoms with E-state index in [4.69, 9.17) is 10.8 Å². The van der Waals surface area contributed by atoms with Crippen molar-refractivity contribution in [2.45, 2.75) is 22.9 Å². The van der Waals surface area contributed by atoms with Gasteiger partial charge in [0.25, 0.3) is 0 Å². The summed E-state index contributed by atoms with van der Waals surface area (Å²) in [5.41, 5.74) is 5.36. The summed E-state index contributed by atoms with van der Waals surface area (Å²) < 4.78 is 0.603. The summed E-state index contributed by atoms with van der Waals surface area (Å²) in [6.45, 7) is 1.82. The van der Waals surface area contributed by atoms with E-state index in [0.29, 0.717) is 15.9 Å². The van der Waals surface area contributed by atoms with Crippen LogP contribution in [0.15, 0.2) is 4.34 Å². The van der Waals surface area contributed by atoms with Crippen LogP contribution in [0.4, 0.5) is 5.13 Å². The highest BCUT2D eigenvalue weighted by Crippen LogP contribution is 2.28. The molecule has 0 saturated carbocycles. The van der Waals surface area contributed by atoms with Crippen LogP contribution in [-0.2, 0) is 4.79 Å². The van der Waals surface area contributed by atoms with Crippen molar-refractivity contribution in [3.63, 3.8) is 0 Å². The molecule has 0 bridgehead atoms. The number of hydrogen-bond donors (Lipinski definition) is 2. The monoisotopic (exact) mass is 219 g/mol. The fourth-order valence-corrected chi connectivity index (χ4v) is 2.44. The van der Waals surface area contributed by atoms with Crippen molar-refractivity contribution in [3.05, 3.63) is 0 Å². The minimum Gasteiger partial charge on any atom is -0.480 e. The Morgan fingerprint density at radius 2 is 2.46 bits per heavy atom. The van der Waals surface area contributed by atoms with Crippen LogP contribution in [0.3, 0.4) is 0 Å². The highest BCUT2D eigenvalue weighted by atomic mass is 32.2. The highest BCUT2D eigenvalue weighted by molar-refractivity contribution is 8.02.